The summed E-state index contributed by atoms with van der Waals surface area (Å²) in [5, 5.41) is 8.38. The van der Waals surface area contributed by atoms with E-state index in [0.717, 1.165) is 5.75 Å². The maximum Gasteiger partial charge on any atom is 0.276 e. The number of rotatable bonds is 10. The average molecular weight is 257 g/mol. The molecule has 1 heterocycles. The molecular formula is C12H23N3OS. The van der Waals surface area contributed by atoms with Gasteiger partial charge < -0.3 is 10.2 Å². The SMILES string of the molecule is CCCCCCCCCSc1nnc(CN)o1. The molecule has 1 rings (SSSR count). The average Bonchev–Trinajstić information content (AvgIpc) is 2.80. The largest absolute Gasteiger partial charge is 0.415 e. The monoisotopic (exact) mass is 257 g/mol. The summed E-state index contributed by atoms with van der Waals surface area (Å²) < 4.78 is 5.31. The van der Waals surface area contributed by atoms with Crippen molar-refractivity contribution in [1.29, 1.82) is 0 Å². The molecule has 0 bridgehead atoms. The number of unbranched alkanes of at least 4 members (excludes halogenated alkanes) is 6. The normalized spacial score (nSPS) is 10.9. The second-order valence-electron chi connectivity index (χ2n) is 4.14. The van der Waals surface area contributed by atoms with Gasteiger partial charge in [-0.15, -0.1) is 10.2 Å². The third-order valence-electron chi connectivity index (χ3n) is 2.60. The summed E-state index contributed by atoms with van der Waals surface area (Å²) in [7, 11) is 0. The van der Waals surface area contributed by atoms with Gasteiger partial charge in [-0.05, 0) is 6.42 Å². The Morgan fingerprint density at radius 2 is 1.76 bits per heavy atom. The highest BCUT2D eigenvalue weighted by Gasteiger charge is 2.03. The first-order valence-corrected chi connectivity index (χ1v) is 7.50. The molecule has 0 saturated carbocycles. The Morgan fingerprint density at radius 1 is 1.06 bits per heavy atom. The lowest BCUT2D eigenvalue weighted by Crippen LogP contribution is -1.95. The lowest BCUT2D eigenvalue weighted by atomic mass is 10.1. The smallest absolute Gasteiger partial charge is 0.276 e. The molecule has 4 nitrogen and oxygen atoms in total. The van der Waals surface area contributed by atoms with E-state index in [0.29, 0.717) is 17.7 Å². The summed E-state index contributed by atoms with van der Waals surface area (Å²) in [5.74, 6) is 1.58. The van der Waals surface area contributed by atoms with Crippen molar-refractivity contribution in [3.05, 3.63) is 5.89 Å². The van der Waals surface area contributed by atoms with E-state index in [1.165, 1.54) is 44.9 Å². The number of aromatic nitrogens is 2. The summed E-state index contributed by atoms with van der Waals surface area (Å²) in [6.07, 6.45) is 9.31. The fourth-order valence-electron chi connectivity index (χ4n) is 1.60. The summed E-state index contributed by atoms with van der Waals surface area (Å²) >= 11 is 1.63. The van der Waals surface area contributed by atoms with E-state index in [1.807, 2.05) is 0 Å². The molecule has 0 aliphatic carbocycles. The highest BCUT2D eigenvalue weighted by molar-refractivity contribution is 7.99. The lowest BCUT2D eigenvalue weighted by Gasteiger charge is -1.99. The minimum Gasteiger partial charge on any atom is -0.415 e. The van der Waals surface area contributed by atoms with Gasteiger partial charge in [0.05, 0.1) is 6.54 Å². The zero-order chi connectivity index (χ0) is 12.3. The van der Waals surface area contributed by atoms with Crippen molar-refractivity contribution in [2.45, 2.75) is 63.6 Å². The van der Waals surface area contributed by atoms with E-state index < -0.39 is 0 Å². The van der Waals surface area contributed by atoms with Crippen molar-refractivity contribution in [3.8, 4) is 0 Å². The molecule has 0 spiro atoms. The van der Waals surface area contributed by atoms with Crippen LogP contribution < -0.4 is 5.73 Å². The molecule has 5 heteroatoms. The predicted molar refractivity (Wildman–Crippen MR) is 70.9 cm³/mol. The molecule has 1 aromatic heterocycles. The van der Waals surface area contributed by atoms with Crippen LogP contribution in [0.15, 0.2) is 9.64 Å². The van der Waals surface area contributed by atoms with Crippen LogP contribution >= 0.6 is 11.8 Å². The molecule has 0 amide bonds. The fraction of sp³-hybridized carbons (Fsp3) is 0.833. The Kier molecular flexibility index (Phi) is 8.09. The van der Waals surface area contributed by atoms with Gasteiger partial charge in [-0.2, -0.15) is 0 Å². The van der Waals surface area contributed by atoms with Crippen LogP contribution in [-0.2, 0) is 6.54 Å². The van der Waals surface area contributed by atoms with E-state index in [2.05, 4.69) is 17.1 Å². The minimum absolute atomic E-state index is 0.324. The number of hydrogen-bond donors (Lipinski definition) is 1. The van der Waals surface area contributed by atoms with Gasteiger partial charge in [0.25, 0.3) is 5.22 Å². The fourth-order valence-corrected chi connectivity index (χ4v) is 2.37. The third-order valence-corrected chi connectivity index (χ3v) is 3.50. The first-order chi connectivity index (χ1) is 8.36. The van der Waals surface area contributed by atoms with Gasteiger partial charge in [0, 0.05) is 5.75 Å². The van der Waals surface area contributed by atoms with E-state index >= 15 is 0 Å². The molecule has 0 aliphatic rings. The second-order valence-corrected chi connectivity index (χ2v) is 5.18. The Hall–Kier alpha value is -0.550. The van der Waals surface area contributed by atoms with Crippen LogP contribution in [0, 0.1) is 0 Å². The maximum atomic E-state index is 5.39. The van der Waals surface area contributed by atoms with E-state index in [4.69, 9.17) is 10.2 Å². The van der Waals surface area contributed by atoms with Crippen LogP contribution in [0.5, 0.6) is 0 Å². The van der Waals surface area contributed by atoms with Crippen molar-refractivity contribution in [1.82, 2.24) is 10.2 Å². The van der Waals surface area contributed by atoms with E-state index in [9.17, 15) is 0 Å². The van der Waals surface area contributed by atoms with Crippen molar-refractivity contribution >= 4 is 11.8 Å². The molecule has 0 aliphatic heterocycles. The predicted octanol–water partition coefficient (Wildman–Crippen LogP) is 3.37. The molecule has 0 saturated heterocycles. The summed E-state index contributed by atoms with van der Waals surface area (Å²) in [5.41, 5.74) is 5.39. The first kappa shape index (κ1) is 14.5. The van der Waals surface area contributed by atoms with Crippen LogP contribution in [-0.4, -0.2) is 16.0 Å². The molecule has 2 N–H and O–H groups in total. The summed E-state index contributed by atoms with van der Waals surface area (Å²) in [6, 6.07) is 0. The standard InChI is InChI=1S/C12H23N3OS/c1-2-3-4-5-6-7-8-9-17-12-15-14-11(10-13)16-12/h2-10,13H2,1H3. The van der Waals surface area contributed by atoms with Crippen LogP contribution in [0.3, 0.4) is 0 Å². The highest BCUT2D eigenvalue weighted by atomic mass is 32.2. The minimum atomic E-state index is 0.324. The van der Waals surface area contributed by atoms with Crippen molar-refractivity contribution in [2.24, 2.45) is 5.73 Å². The Labute approximate surface area is 108 Å². The van der Waals surface area contributed by atoms with Gasteiger partial charge >= 0.3 is 0 Å². The van der Waals surface area contributed by atoms with Gasteiger partial charge in [-0.1, -0.05) is 57.2 Å². The molecular weight excluding hydrogens is 234 g/mol. The van der Waals surface area contributed by atoms with Gasteiger partial charge in [-0.3, -0.25) is 0 Å². The third kappa shape index (κ3) is 6.68. The van der Waals surface area contributed by atoms with Crippen LogP contribution in [0.25, 0.3) is 0 Å². The molecule has 98 valence electrons. The Balaban J connectivity index is 1.93. The molecule has 0 atom stereocenters. The zero-order valence-electron chi connectivity index (χ0n) is 10.7. The van der Waals surface area contributed by atoms with Crippen LogP contribution in [0.4, 0.5) is 0 Å². The molecule has 0 radical (unpaired) electrons. The zero-order valence-corrected chi connectivity index (χ0v) is 11.5. The van der Waals surface area contributed by atoms with Gasteiger partial charge in [0.2, 0.25) is 5.89 Å². The number of nitrogens with two attached hydrogens (primary N) is 1. The van der Waals surface area contributed by atoms with Gasteiger partial charge in [0.15, 0.2) is 0 Å². The van der Waals surface area contributed by atoms with E-state index in [-0.39, 0.29) is 0 Å². The number of hydrogen-bond acceptors (Lipinski definition) is 5. The topological polar surface area (TPSA) is 64.9 Å². The highest BCUT2D eigenvalue weighted by Crippen LogP contribution is 2.18. The lowest BCUT2D eigenvalue weighted by molar-refractivity contribution is 0.414. The quantitative estimate of drug-likeness (QED) is 0.514. The summed E-state index contributed by atoms with van der Waals surface area (Å²) in [4.78, 5) is 0. The maximum absolute atomic E-state index is 5.39. The van der Waals surface area contributed by atoms with E-state index in [1.54, 1.807) is 11.8 Å². The Bertz CT molecular complexity index is 291. The van der Waals surface area contributed by atoms with Gasteiger partial charge in [0.1, 0.15) is 0 Å². The second kappa shape index (κ2) is 9.48. The summed E-state index contributed by atoms with van der Waals surface area (Å²) in [6.45, 7) is 2.57. The van der Waals surface area contributed by atoms with Gasteiger partial charge in [-0.25, -0.2) is 0 Å². The van der Waals surface area contributed by atoms with Crippen molar-refractivity contribution < 1.29 is 4.42 Å². The molecule has 0 aromatic carbocycles. The Morgan fingerprint density at radius 3 is 2.41 bits per heavy atom. The molecule has 17 heavy (non-hydrogen) atoms. The molecule has 0 fully saturated rings. The van der Waals surface area contributed by atoms with Crippen LogP contribution in [0.2, 0.25) is 0 Å². The first-order valence-electron chi connectivity index (χ1n) is 6.52. The number of thioether (sulfide) groups is 1. The van der Waals surface area contributed by atoms with Crippen molar-refractivity contribution in [3.63, 3.8) is 0 Å². The molecule has 0 unspecified atom stereocenters. The number of nitrogens with zero attached hydrogens (tertiary/aromatic N) is 2. The van der Waals surface area contributed by atoms with Crippen LogP contribution in [0.1, 0.15) is 57.8 Å². The van der Waals surface area contributed by atoms with Crippen molar-refractivity contribution in [2.75, 3.05) is 5.75 Å². The molecule has 1 aromatic rings.